The molecule has 102 valence electrons. The van der Waals surface area contributed by atoms with Gasteiger partial charge in [0.15, 0.2) is 5.49 Å². The number of hydrogen-bond donors (Lipinski definition) is 2. The van der Waals surface area contributed by atoms with Crippen LogP contribution in [0.1, 0.15) is 11.1 Å². The highest BCUT2D eigenvalue weighted by molar-refractivity contribution is 5.61. The molecule has 0 amide bonds. The molecule has 0 saturated carbocycles. The second-order valence-corrected chi connectivity index (χ2v) is 4.55. The first-order valence-corrected chi connectivity index (χ1v) is 6.25. The van der Waals surface area contributed by atoms with E-state index in [-0.39, 0.29) is 0 Å². The monoisotopic (exact) mass is 267 g/mol. The number of rotatable bonds is 2. The van der Waals surface area contributed by atoms with Crippen LogP contribution in [-0.4, -0.2) is 11.6 Å². The number of nitrogens with two attached hydrogens (primary N) is 1. The zero-order valence-electron chi connectivity index (χ0n) is 11.8. The molecular formula is C15H17N5. The van der Waals surface area contributed by atoms with E-state index < -0.39 is 0 Å². The van der Waals surface area contributed by atoms with Gasteiger partial charge in [-0.05, 0) is 19.1 Å². The van der Waals surface area contributed by atoms with Gasteiger partial charge in [-0.1, -0.05) is 17.7 Å². The molecule has 3 N–H and O–H groups in total. The fraction of sp³-hybridized carbons (Fsp3) is 0.200. The van der Waals surface area contributed by atoms with E-state index >= 15 is 0 Å². The lowest BCUT2D eigenvalue weighted by atomic mass is 10.2. The van der Waals surface area contributed by atoms with E-state index in [0.717, 1.165) is 11.3 Å². The minimum absolute atomic E-state index is 0.477. The van der Waals surface area contributed by atoms with Crippen LogP contribution >= 0.6 is 0 Å². The van der Waals surface area contributed by atoms with E-state index in [1.807, 2.05) is 31.2 Å². The zero-order valence-corrected chi connectivity index (χ0v) is 11.8. The first kappa shape index (κ1) is 13.7. The van der Waals surface area contributed by atoms with E-state index in [2.05, 4.69) is 16.4 Å². The molecule has 0 aliphatic carbocycles. The second kappa shape index (κ2) is 5.49. The Labute approximate surface area is 118 Å². The lowest BCUT2D eigenvalue weighted by Crippen LogP contribution is -2.25. The number of nitrogens with one attached hydrogen (secondary N) is 1. The molecule has 5 nitrogen and oxygen atoms in total. The smallest absolute Gasteiger partial charge is 0.154 e. The van der Waals surface area contributed by atoms with Gasteiger partial charge in [-0.3, -0.25) is 0 Å². The Morgan fingerprint density at radius 2 is 1.95 bits per heavy atom. The summed E-state index contributed by atoms with van der Waals surface area (Å²) in [4.78, 5) is 4.54. The van der Waals surface area contributed by atoms with Gasteiger partial charge in [0, 0.05) is 20.2 Å². The Balaban J connectivity index is 2.75. The van der Waals surface area contributed by atoms with Crippen molar-refractivity contribution in [1.82, 2.24) is 4.57 Å². The second-order valence-electron chi connectivity index (χ2n) is 4.55. The summed E-state index contributed by atoms with van der Waals surface area (Å²) < 4.78 is 1.71. The number of aryl methyl sites for hydroxylation is 1. The van der Waals surface area contributed by atoms with Crippen molar-refractivity contribution >= 4 is 17.2 Å². The van der Waals surface area contributed by atoms with Crippen molar-refractivity contribution in [2.75, 3.05) is 18.1 Å². The summed E-state index contributed by atoms with van der Waals surface area (Å²) in [5, 5.41) is 12.3. The first-order chi connectivity index (χ1) is 9.56. The summed E-state index contributed by atoms with van der Waals surface area (Å²) in [6, 6.07) is 11.7. The number of anilines is 2. The van der Waals surface area contributed by atoms with Crippen LogP contribution < -0.4 is 16.5 Å². The normalized spacial score (nSPS) is 11.2. The molecule has 2 rings (SSSR count). The van der Waals surface area contributed by atoms with Gasteiger partial charge in [0.1, 0.15) is 17.5 Å². The Bertz CT molecular complexity index is 733. The molecule has 1 aromatic heterocycles. The maximum Gasteiger partial charge on any atom is 0.154 e. The summed E-state index contributed by atoms with van der Waals surface area (Å²) in [6.45, 7) is 2.02. The maximum absolute atomic E-state index is 9.36. The largest absolute Gasteiger partial charge is 0.387 e. The fourth-order valence-corrected chi connectivity index (χ4v) is 1.91. The van der Waals surface area contributed by atoms with E-state index in [9.17, 15) is 5.26 Å². The predicted molar refractivity (Wildman–Crippen MR) is 80.5 cm³/mol. The summed E-state index contributed by atoms with van der Waals surface area (Å²) >= 11 is 0. The van der Waals surface area contributed by atoms with Crippen molar-refractivity contribution in [1.29, 1.82) is 5.26 Å². The van der Waals surface area contributed by atoms with Crippen molar-refractivity contribution in [2.45, 2.75) is 6.92 Å². The van der Waals surface area contributed by atoms with E-state index in [4.69, 9.17) is 5.73 Å². The van der Waals surface area contributed by atoms with Crippen LogP contribution in [0.15, 0.2) is 35.3 Å². The fourth-order valence-electron chi connectivity index (χ4n) is 1.91. The van der Waals surface area contributed by atoms with Crippen LogP contribution in [0.5, 0.6) is 0 Å². The molecule has 0 fully saturated rings. The van der Waals surface area contributed by atoms with Crippen LogP contribution in [0.2, 0.25) is 0 Å². The molecule has 2 aromatic rings. The van der Waals surface area contributed by atoms with Gasteiger partial charge in [-0.25, -0.2) is 4.99 Å². The standard InChI is InChI=1S/C15H17N5/c1-10-4-6-11(7-5-10)19-15-12(9-16)13(18-2)8-14(17)20(15)3/h4-8,18H,17H2,1-3H3. The van der Waals surface area contributed by atoms with Crippen LogP contribution in [0.4, 0.5) is 17.2 Å². The van der Waals surface area contributed by atoms with Crippen molar-refractivity contribution < 1.29 is 0 Å². The third-order valence-electron chi connectivity index (χ3n) is 3.14. The number of pyridine rings is 1. The number of hydrogen-bond acceptors (Lipinski definition) is 4. The summed E-state index contributed by atoms with van der Waals surface area (Å²) in [7, 11) is 3.55. The van der Waals surface area contributed by atoms with Crippen molar-refractivity contribution in [3.05, 3.63) is 46.9 Å². The average molecular weight is 267 g/mol. The number of nitrogens with zero attached hydrogens (tertiary/aromatic N) is 3. The highest BCUT2D eigenvalue weighted by Gasteiger charge is 2.08. The molecule has 0 aliphatic heterocycles. The lowest BCUT2D eigenvalue weighted by Gasteiger charge is -2.11. The Kier molecular flexibility index (Phi) is 3.76. The highest BCUT2D eigenvalue weighted by atomic mass is 15.1. The summed E-state index contributed by atoms with van der Waals surface area (Å²) in [6.07, 6.45) is 0. The van der Waals surface area contributed by atoms with Gasteiger partial charge in [-0.2, -0.15) is 5.26 Å². The molecule has 0 spiro atoms. The quantitative estimate of drug-likeness (QED) is 0.874. The van der Waals surface area contributed by atoms with Crippen molar-refractivity contribution in [2.24, 2.45) is 12.0 Å². The molecule has 1 heterocycles. The molecule has 0 saturated heterocycles. The Morgan fingerprint density at radius 3 is 2.50 bits per heavy atom. The molecule has 0 bridgehead atoms. The predicted octanol–water partition coefficient (Wildman–Crippen LogP) is 2.06. The van der Waals surface area contributed by atoms with Gasteiger partial charge in [0.05, 0.1) is 11.4 Å². The van der Waals surface area contributed by atoms with Crippen LogP contribution in [-0.2, 0) is 7.05 Å². The molecular weight excluding hydrogens is 250 g/mol. The minimum atomic E-state index is 0.477. The number of nitrogen functional groups attached to an aromatic ring is 1. The maximum atomic E-state index is 9.36. The average Bonchev–Trinajstić information content (AvgIpc) is 2.45. The van der Waals surface area contributed by atoms with Crippen LogP contribution in [0.25, 0.3) is 0 Å². The van der Waals surface area contributed by atoms with Crippen LogP contribution in [0.3, 0.4) is 0 Å². The summed E-state index contributed by atoms with van der Waals surface area (Å²) in [5.74, 6) is 0.541. The third kappa shape index (κ3) is 2.50. The zero-order chi connectivity index (χ0) is 14.7. The Morgan fingerprint density at radius 1 is 1.30 bits per heavy atom. The summed E-state index contributed by atoms with van der Waals surface area (Å²) in [5.41, 5.74) is 9.60. The number of aromatic nitrogens is 1. The van der Waals surface area contributed by atoms with E-state index in [1.54, 1.807) is 24.7 Å². The number of benzene rings is 1. The van der Waals surface area contributed by atoms with Gasteiger partial charge in [0.2, 0.25) is 0 Å². The number of nitriles is 1. The molecule has 1 aromatic carbocycles. The van der Waals surface area contributed by atoms with Gasteiger partial charge >= 0.3 is 0 Å². The molecule has 20 heavy (non-hydrogen) atoms. The van der Waals surface area contributed by atoms with Gasteiger partial charge < -0.3 is 15.6 Å². The van der Waals surface area contributed by atoms with E-state index in [0.29, 0.717) is 22.6 Å². The first-order valence-electron chi connectivity index (χ1n) is 6.25. The minimum Gasteiger partial charge on any atom is -0.387 e. The lowest BCUT2D eigenvalue weighted by molar-refractivity contribution is 0.844. The SMILES string of the molecule is CNc1cc(N)n(C)c(=Nc2ccc(C)cc2)c1C#N. The molecule has 0 atom stereocenters. The van der Waals surface area contributed by atoms with Crippen LogP contribution in [0, 0.1) is 18.3 Å². The van der Waals surface area contributed by atoms with Gasteiger partial charge in [-0.15, -0.1) is 0 Å². The molecule has 5 heteroatoms. The highest BCUT2D eigenvalue weighted by Crippen LogP contribution is 2.16. The van der Waals surface area contributed by atoms with Crippen molar-refractivity contribution in [3.63, 3.8) is 0 Å². The van der Waals surface area contributed by atoms with Crippen molar-refractivity contribution in [3.8, 4) is 6.07 Å². The molecule has 0 aliphatic rings. The van der Waals surface area contributed by atoms with Gasteiger partial charge in [0.25, 0.3) is 0 Å². The Hall–Kier alpha value is -2.74. The molecule has 0 unspecified atom stereocenters. The third-order valence-corrected chi connectivity index (χ3v) is 3.14. The topological polar surface area (TPSA) is 79.1 Å². The molecule has 0 radical (unpaired) electrons. The van der Waals surface area contributed by atoms with E-state index in [1.165, 1.54) is 0 Å².